The number of carbonyl (C=O) groups is 1. The molecule has 0 aliphatic carbocycles. The van der Waals surface area contributed by atoms with Gasteiger partial charge in [0.1, 0.15) is 5.75 Å². The van der Waals surface area contributed by atoms with E-state index < -0.39 is 17.7 Å². The zero-order valence-electron chi connectivity index (χ0n) is 10.2. The summed E-state index contributed by atoms with van der Waals surface area (Å²) >= 11 is 0. The minimum atomic E-state index is -5.09. The van der Waals surface area contributed by atoms with Gasteiger partial charge in [-0.2, -0.15) is 13.2 Å². The number of nitrogens with two attached hydrogens (primary N) is 1. The van der Waals surface area contributed by atoms with Crippen molar-refractivity contribution in [2.24, 2.45) is 0 Å². The van der Waals surface area contributed by atoms with Crippen LogP contribution < -0.4 is 15.8 Å². The highest BCUT2D eigenvalue weighted by Crippen LogP contribution is 2.33. The van der Waals surface area contributed by atoms with Crippen molar-refractivity contribution >= 4 is 17.3 Å². The number of nitrogen functional groups attached to an aromatic ring is 1. The van der Waals surface area contributed by atoms with Gasteiger partial charge in [-0.15, -0.1) is 0 Å². The minimum absolute atomic E-state index is 0.0220. The van der Waals surface area contributed by atoms with Gasteiger partial charge in [0.15, 0.2) is 0 Å². The molecule has 0 heterocycles. The number of anilines is 2. The third-order valence-corrected chi connectivity index (χ3v) is 2.47. The molecule has 0 aliphatic heterocycles. The molecule has 1 rings (SSSR count). The van der Waals surface area contributed by atoms with E-state index in [0.717, 1.165) is 0 Å². The van der Waals surface area contributed by atoms with E-state index in [1.165, 1.54) is 25.3 Å². The lowest BCUT2D eigenvalue weighted by molar-refractivity contribution is -0.242. The molecule has 1 aromatic rings. The lowest BCUT2D eigenvalue weighted by atomic mass is 10.1. The highest BCUT2D eigenvalue weighted by Gasteiger charge is 2.55. The third kappa shape index (κ3) is 3.08. The second-order valence-corrected chi connectivity index (χ2v) is 3.98. The van der Waals surface area contributed by atoms with Crippen molar-refractivity contribution in [3.05, 3.63) is 18.2 Å². The Balaban J connectivity index is 3.01. The molecule has 0 spiro atoms. The van der Waals surface area contributed by atoms with Crippen LogP contribution in [0.25, 0.3) is 0 Å². The van der Waals surface area contributed by atoms with Gasteiger partial charge >= 0.3 is 6.18 Å². The Morgan fingerprint density at radius 3 is 2.47 bits per heavy atom. The van der Waals surface area contributed by atoms with Crippen LogP contribution in [0.1, 0.15) is 6.92 Å². The van der Waals surface area contributed by atoms with Gasteiger partial charge in [-0.3, -0.25) is 4.79 Å². The van der Waals surface area contributed by atoms with E-state index in [-0.39, 0.29) is 11.4 Å². The first kappa shape index (κ1) is 15.1. The van der Waals surface area contributed by atoms with Gasteiger partial charge in [-0.25, -0.2) is 0 Å². The smallest absolute Gasteiger partial charge is 0.426 e. The number of ether oxygens (including phenoxy) is 1. The molecule has 19 heavy (non-hydrogen) atoms. The number of nitrogens with one attached hydrogen (secondary N) is 1. The number of hydrogen-bond donors (Lipinski definition) is 3. The maximum absolute atomic E-state index is 12.5. The summed E-state index contributed by atoms with van der Waals surface area (Å²) in [5.41, 5.74) is 2.26. The lowest BCUT2D eigenvalue weighted by Gasteiger charge is -2.25. The second-order valence-electron chi connectivity index (χ2n) is 3.98. The average molecular weight is 278 g/mol. The van der Waals surface area contributed by atoms with Crippen LogP contribution in [0.4, 0.5) is 24.5 Å². The molecule has 0 radical (unpaired) electrons. The van der Waals surface area contributed by atoms with Crippen molar-refractivity contribution in [1.29, 1.82) is 0 Å². The standard InChI is InChI=1S/C11H13F3N2O3/c1-10(18,11(12,13)14)9(17)16-7-4-3-6(15)5-8(7)19-2/h3-5,18H,15H2,1-2H3,(H,16,17). The fourth-order valence-corrected chi connectivity index (χ4v) is 1.18. The topological polar surface area (TPSA) is 84.6 Å². The highest BCUT2D eigenvalue weighted by atomic mass is 19.4. The van der Waals surface area contributed by atoms with E-state index in [4.69, 9.17) is 10.5 Å². The number of hydrogen-bond acceptors (Lipinski definition) is 4. The number of rotatable bonds is 3. The normalized spacial score (nSPS) is 14.6. The predicted molar refractivity (Wildman–Crippen MR) is 62.7 cm³/mol. The van der Waals surface area contributed by atoms with E-state index in [1.807, 2.05) is 5.32 Å². The van der Waals surface area contributed by atoms with E-state index in [1.54, 1.807) is 0 Å². The molecule has 0 saturated carbocycles. The monoisotopic (exact) mass is 278 g/mol. The summed E-state index contributed by atoms with van der Waals surface area (Å²) in [5.74, 6) is -1.52. The molecular formula is C11H13F3N2O3. The van der Waals surface area contributed by atoms with Crippen molar-refractivity contribution in [3.8, 4) is 5.75 Å². The summed E-state index contributed by atoms with van der Waals surface area (Å²) in [4.78, 5) is 11.5. The lowest BCUT2D eigenvalue weighted by Crippen LogP contribution is -2.52. The summed E-state index contributed by atoms with van der Waals surface area (Å²) in [6.07, 6.45) is -5.09. The van der Waals surface area contributed by atoms with Gasteiger partial charge in [-0.05, 0) is 19.1 Å². The Kier molecular flexibility index (Phi) is 3.94. The molecule has 0 aromatic heterocycles. The number of amides is 1. The Morgan fingerprint density at radius 1 is 1.42 bits per heavy atom. The molecule has 0 fully saturated rings. The molecule has 106 valence electrons. The van der Waals surface area contributed by atoms with Crippen LogP contribution in [0.15, 0.2) is 18.2 Å². The number of halogens is 3. The van der Waals surface area contributed by atoms with Crippen LogP contribution in [0.2, 0.25) is 0 Å². The van der Waals surface area contributed by atoms with Gasteiger partial charge in [0.25, 0.3) is 5.91 Å². The second kappa shape index (κ2) is 4.96. The zero-order valence-corrected chi connectivity index (χ0v) is 10.2. The van der Waals surface area contributed by atoms with Crippen molar-refractivity contribution in [2.75, 3.05) is 18.2 Å². The molecule has 1 unspecified atom stereocenters. The highest BCUT2D eigenvalue weighted by molar-refractivity contribution is 5.98. The summed E-state index contributed by atoms with van der Waals surface area (Å²) in [5, 5.41) is 11.1. The Labute approximate surface area is 107 Å². The fourth-order valence-electron chi connectivity index (χ4n) is 1.18. The number of aliphatic hydroxyl groups is 1. The predicted octanol–water partition coefficient (Wildman–Crippen LogP) is 1.53. The number of methoxy groups -OCH3 is 1. The van der Waals surface area contributed by atoms with Crippen LogP contribution in [-0.4, -0.2) is 29.9 Å². The van der Waals surface area contributed by atoms with Gasteiger partial charge in [-0.1, -0.05) is 0 Å². The van der Waals surface area contributed by atoms with Crippen LogP contribution in [0.5, 0.6) is 5.75 Å². The fraction of sp³-hybridized carbons (Fsp3) is 0.364. The molecule has 4 N–H and O–H groups in total. The number of alkyl halides is 3. The van der Waals surface area contributed by atoms with Crippen molar-refractivity contribution < 1.29 is 27.8 Å². The van der Waals surface area contributed by atoms with Crippen LogP contribution in [-0.2, 0) is 4.79 Å². The number of benzene rings is 1. The summed E-state index contributed by atoms with van der Waals surface area (Å²) < 4.78 is 42.3. The van der Waals surface area contributed by atoms with E-state index in [2.05, 4.69) is 0 Å². The van der Waals surface area contributed by atoms with E-state index >= 15 is 0 Å². The maximum Gasteiger partial charge on any atom is 0.426 e. The summed E-state index contributed by atoms with van der Waals surface area (Å²) in [6, 6.07) is 3.98. The first-order valence-electron chi connectivity index (χ1n) is 5.13. The molecule has 5 nitrogen and oxygen atoms in total. The number of carbonyl (C=O) groups excluding carboxylic acids is 1. The molecule has 0 aliphatic rings. The first-order valence-corrected chi connectivity index (χ1v) is 5.13. The van der Waals surface area contributed by atoms with E-state index in [9.17, 15) is 23.1 Å². The van der Waals surface area contributed by atoms with Crippen molar-refractivity contribution in [2.45, 2.75) is 18.7 Å². The zero-order chi connectivity index (χ0) is 14.8. The average Bonchev–Trinajstić information content (AvgIpc) is 2.29. The molecule has 1 aromatic carbocycles. The largest absolute Gasteiger partial charge is 0.494 e. The molecule has 1 atom stereocenters. The Morgan fingerprint density at radius 2 is 2.00 bits per heavy atom. The molecule has 0 saturated heterocycles. The summed E-state index contributed by atoms with van der Waals surface area (Å²) in [6.45, 7) is 0.367. The van der Waals surface area contributed by atoms with Crippen LogP contribution in [0.3, 0.4) is 0 Å². The molecule has 0 bridgehead atoms. The maximum atomic E-state index is 12.5. The van der Waals surface area contributed by atoms with Gasteiger partial charge in [0.05, 0.1) is 12.8 Å². The van der Waals surface area contributed by atoms with Gasteiger partial charge < -0.3 is 20.9 Å². The van der Waals surface area contributed by atoms with Gasteiger partial charge in [0, 0.05) is 11.8 Å². The molecule has 8 heteroatoms. The first-order chi connectivity index (χ1) is 8.59. The molecule has 1 amide bonds. The van der Waals surface area contributed by atoms with Crippen LogP contribution in [0, 0.1) is 0 Å². The van der Waals surface area contributed by atoms with Gasteiger partial charge in [0.2, 0.25) is 5.60 Å². The SMILES string of the molecule is COc1cc(N)ccc1NC(=O)C(C)(O)C(F)(F)F. The quantitative estimate of drug-likeness (QED) is 0.732. The van der Waals surface area contributed by atoms with Crippen molar-refractivity contribution in [1.82, 2.24) is 0 Å². The Hall–Kier alpha value is -1.96. The van der Waals surface area contributed by atoms with Crippen molar-refractivity contribution in [3.63, 3.8) is 0 Å². The minimum Gasteiger partial charge on any atom is -0.494 e. The van der Waals surface area contributed by atoms with E-state index in [0.29, 0.717) is 12.6 Å². The third-order valence-electron chi connectivity index (χ3n) is 2.47. The Bertz CT molecular complexity index is 487. The summed E-state index contributed by atoms with van der Waals surface area (Å²) in [7, 11) is 1.27. The molecular weight excluding hydrogens is 265 g/mol. The van der Waals surface area contributed by atoms with Crippen LogP contribution >= 0.6 is 0 Å².